The van der Waals surface area contributed by atoms with E-state index in [9.17, 15) is 4.79 Å². The average Bonchev–Trinajstić information content (AvgIpc) is 3.19. The Labute approximate surface area is 151 Å². The van der Waals surface area contributed by atoms with Gasteiger partial charge in [-0.05, 0) is 68.1 Å². The van der Waals surface area contributed by atoms with E-state index in [1.807, 2.05) is 36.4 Å². The second-order valence-electron chi connectivity index (χ2n) is 7.39. The Morgan fingerprint density at radius 3 is 2.88 bits per heavy atom. The van der Waals surface area contributed by atoms with Crippen molar-refractivity contribution in [3.05, 3.63) is 42.6 Å². The van der Waals surface area contributed by atoms with E-state index in [-0.39, 0.29) is 17.2 Å². The minimum absolute atomic E-state index is 0.149. The van der Waals surface area contributed by atoms with E-state index >= 15 is 0 Å². The van der Waals surface area contributed by atoms with Crippen LogP contribution in [0.2, 0.25) is 0 Å². The van der Waals surface area contributed by atoms with Crippen LogP contribution in [0.5, 0.6) is 0 Å². The zero-order valence-electron chi connectivity index (χ0n) is 14.5. The van der Waals surface area contributed by atoms with Gasteiger partial charge >= 0.3 is 0 Å². The maximum Gasteiger partial charge on any atom is 0.228 e. The number of hydrogen-bond donors (Lipinski definition) is 3. The van der Waals surface area contributed by atoms with Gasteiger partial charge in [-0.25, -0.2) is 4.98 Å². The van der Waals surface area contributed by atoms with Crippen molar-refractivity contribution < 1.29 is 4.79 Å². The minimum Gasteiger partial charge on any atom is -0.337 e. The third-order valence-electron chi connectivity index (χ3n) is 5.76. The molecule has 1 saturated carbocycles. The van der Waals surface area contributed by atoms with Crippen LogP contribution >= 0.6 is 0 Å². The second-order valence-corrected chi connectivity index (χ2v) is 7.39. The molecule has 3 N–H and O–H groups in total. The van der Waals surface area contributed by atoms with Gasteiger partial charge in [-0.3, -0.25) is 9.78 Å². The quantitative estimate of drug-likeness (QED) is 0.680. The minimum atomic E-state index is 0.149. The Bertz CT molecular complexity index is 959. The molecule has 6 heteroatoms. The van der Waals surface area contributed by atoms with Crippen molar-refractivity contribution in [2.45, 2.75) is 19.3 Å². The van der Waals surface area contributed by atoms with Crippen LogP contribution in [0.25, 0.3) is 22.6 Å². The zero-order chi connectivity index (χ0) is 17.6. The summed E-state index contributed by atoms with van der Waals surface area (Å²) in [5, 5.41) is 6.47. The van der Waals surface area contributed by atoms with E-state index in [0.29, 0.717) is 0 Å². The molecule has 0 bridgehead atoms. The first-order chi connectivity index (χ1) is 12.7. The Morgan fingerprint density at radius 1 is 1.19 bits per heavy atom. The number of amides is 1. The normalized spacial score (nSPS) is 21.0. The third kappa shape index (κ3) is 2.66. The van der Waals surface area contributed by atoms with E-state index < -0.39 is 0 Å². The summed E-state index contributed by atoms with van der Waals surface area (Å²) in [7, 11) is 0. The molecule has 1 amide bonds. The van der Waals surface area contributed by atoms with E-state index in [4.69, 9.17) is 0 Å². The van der Waals surface area contributed by atoms with Crippen LogP contribution in [0, 0.1) is 11.3 Å². The van der Waals surface area contributed by atoms with Crippen molar-refractivity contribution >= 4 is 22.6 Å². The number of nitrogens with one attached hydrogen (secondary N) is 3. The molecule has 1 atom stereocenters. The number of aromatic nitrogens is 3. The highest BCUT2D eigenvalue weighted by molar-refractivity contribution is 5.96. The number of carbonyl (C=O) groups is 1. The fraction of sp³-hybridized carbons (Fsp3) is 0.350. The molecular weight excluding hydrogens is 326 g/mol. The van der Waals surface area contributed by atoms with Gasteiger partial charge in [-0.15, -0.1) is 0 Å². The fourth-order valence-corrected chi connectivity index (χ4v) is 4.14. The first-order valence-corrected chi connectivity index (χ1v) is 9.16. The molecule has 0 radical (unpaired) electrons. The number of anilines is 1. The van der Waals surface area contributed by atoms with Crippen molar-refractivity contribution in [1.82, 2.24) is 20.3 Å². The van der Waals surface area contributed by atoms with Crippen LogP contribution < -0.4 is 10.6 Å². The molecule has 1 aliphatic carbocycles. The molecule has 26 heavy (non-hydrogen) atoms. The molecule has 2 aromatic heterocycles. The van der Waals surface area contributed by atoms with Crippen LogP contribution in [0.4, 0.5) is 5.69 Å². The van der Waals surface area contributed by atoms with Crippen LogP contribution in [-0.2, 0) is 4.79 Å². The summed E-state index contributed by atoms with van der Waals surface area (Å²) in [5.74, 6) is 1.04. The van der Waals surface area contributed by atoms with E-state index in [1.54, 1.807) is 6.20 Å². The van der Waals surface area contributed by atoms with Crippen molar-refractivity contribution in [3.63, 3.8) is 0 Å². The van der Waals surface area contributed by atoms with Crippen LogP contribution in [0.1, 0.15) is 19.3 Å². The van der Waals surface area contributed by atoms with E-state index in [2.05, 4.69) is 25.6 Å². The van der Waals surface area contributed by atoms with Crippen molar-refractivity contribution in [3.8, 4) is 11.5 Å². The summed E-state index contributed by atoms with van der Waals surface area (Å²) in [6.45, 7) is 2.06. The van der Waals surface area contributed by atoms with E-state index in [1.165, 1.54) is 0 Å². The molecular formula is C20H21N5O. The smallest absolute Gasteiger partial charge is 0.228 e. The molecule has 1 spiro atoms. The summed E-state index contributed by atoms with van der Waals surface area (Å²) >= 11 is 0. The van der Waals surface area contributed by atoms with Gasteiger partial charge in [0.15, 0.2) is 5.82 Å². The lowest BCUT2D eigenvalue weighted by Crippen LogP contribution is -2.31. The summed E-state index contributed by atoms with van der Waals surface area (Å²) in [4.78, 5) is 24.8. The second kappa shape index (κ2) is 5.92. The van der Waals surface area contributed by atoms with Crippen LogP contribution in [-0.4, -0.2) is 33.9 Å². The Kier molecular flexibility index (Phi) is 3.53. The van der Waals surface area contributed by atoms with Gasteiger partial charge in [-0.1, -0.05) is 6.07 Å². The summed E-state index contributed by atoms with van der Waals surface area (Å²) in [6.07, 6.45) is 4.99. The number of hydrogen-bond acceptors (Lipinski definition) is 4. The highest BCUT2D eigenvalue weighted by Gasteiger charge is 2.57. The Balaban J connectivity index is 1.34. The van der Waals surface area contributed by atoms with Crippen LogP contribution in [0.3, 0.4) is 0 Å². The number of carbonyl (C=O) groups excluding carboxylic acids is 1. The number of imidazole rings is 1. The fourth-order valence-electron chi connectivity index (χ4n) is 4.14. The zero-order valence-corrected chi connectivity index (χ0v) is 14.5. The van der Waals surface area contributed by atoms with E-state index in [0.717, 1.165) is 60.6 Å². The number of benzene rings is 1. The lowest BCUT2D eigenvalue weighted by Gasteiger charge is -2.23. The number of pyridine rings is 1. The highest BCUT2D eigenvalue weighted by Crippen LogP contribution is 2.58. The maximum atomic E-state index is 12.6. The number of fused-ring (bicyclic) bond motifs is 1. The standard InChI is InChI=1S/C20H21N5O/c26-19(14-12-20(14)6-9-21-10-7-20)23-13-4-5-15-17(11-13)25-18(24-15)16-3-1-2-8-22-16/h1-5,8,11,14,21H,6-7,9-10,12H2,(H,23,26)(H,24,25). The van der Waals surface area contributed by atoms with Gasteiger partial charge in [0.25, 0.3) is 0 Å². The first-order valence-electron chi connectivity index (χ1n) is 9.16. The molecule has 1 aliphatic heterocycles. The summed E-state index contributed by atoms with van der Waals surface area (Å²) in [5.41, 5.74) is 3.63. The maximum absolute atomic E-state index is 12.6. The third-order valence-corrected chi connectivity index (χ3v) is 5.76. The number of rotatable bonds is 3. The molecule has 2 aliphatic rings. The van der Waals surface area contributed by atoms with Crippen molar-refractivity contribution in [2.75, 3.05) is 18.4 Å². The lowest BCUT2D eigenvalue weighted by atomic mass is 9.92. The Hall–Kier alpha value is -2.73. The van der Waals surface area contributed by atoms with Crippen molar-refractivity contribution in [2.24, 2.45) is 11.3 Å². The summed E-state index contributed by atoms with van der Waals surface area (Å²) in [6, 6.07) is 11.5. The first kappa shape index (κ1) is 15.5. The van der Waals surface area contributed by atoms with Gasteiger partial charge in [0, 0.05) is 17.8 Å². The largest absolute Gasteiger partial charge is 0.337 e. The highest BCUT2D eigenvalue weighted by atomic mass is 16.2. The number of nitrogens with zero attached hydrogens (tertiary/aromatic N) is 2. The number of aromatic amines is 1. The topological polar surface area (TPSA) is 82.7 Å². The summed E-state index contributed by atoms with van der Waals surface area (Å²) < 4.78 is 0. The monoisotopic (exact) mass is 347 g/mol. The van der Waals surface area contributed by atoms with Gasteiger partial charge in [0.2, 0.25) is 5.91 Å². The predicted octanol–water partition coefficient (Wildman–Crippen LogP) is 2.95. The molecule has 2 fully saturated rings. The molecule has 132 valence electrons. The Morgan fingerprint density at radius 2 is 2.08 bits per heavy atom. The predicted molar refractivity (Wildman–Crippen MR) is 101 cm³/mol. The molecule has 3 aromatic rings. The van der Waals surface area contributed by atoms with Gasteiger partial charge in [-0.2, -0.15) is 0 Å². The molecule has 3 heterocycles. The number of H-pyrrole nitrogens is 1. The molecule has 6 nitrogen and oxygen atoms in total. The lowest BCUT2D eigenvalue weighted by molar-refractivity contribution is -0.118. The number of piperidine rings is 1. The van der Waals surface area contributed by atoms with Gasteiger partial charge < -0.3 is 15.6 Å². The molecule has 1 aromatic carbocycles. The SMILES string of the molecule is O=C(Nc1ccc2nc(-c3ccccn3)[nH]c2c1)C1CC12CCNCC2. The van der Waals surface area contributed by atoms with Gasteiger partial charge in [0.05, 0.1) is 11.0 Å². The van der Waals surface area contributed by atoms with Gasteiger partial charge in [0.1, 0.15) is 5.69 Å². The van der Waals surface area contributed by atoms with Crippen LogP contribution in [0.15, 0.2) is 42.6 Å². The average molecular weight is 347 g/mol. The molecule has 5 rings (SSSR count). The van der Waals surface area contributed by atoms with Crippen molar-refractivity contribution in [1.29, 1.82) is 0 Å². The molecule has 1 unspecified atom stereocenters. The molecule has 1 saturated heterocycles.